The van der Waals surface area contributed by atoms with Gasteiger partial charge < -0.3 is 34.6 Å². The standard InChI is InChI=1S/C31H34O10/c1-13-20(32)6-7-25(40-13)41-24-10-23(39-14(2)28(24)35)19-9-21(33)18-8-17-16(29(36)27(18)30(19)37)5-4-15-11-31(3,38)12-22(34)26(15)17/h4-5,8-9,13-14,20,23-25,28,32,35-36,38H,6-7,10-12H2,1-3H3/t13-,14-,20+,23-,24-,25+,28-,31+/m1/s1. The average Bonchev–Trinajstić information content (AvgIpc) is 2.89. The van der Waals surface area contributed by atoms with Gasteiger partial charge in [0.25, 0.3) is 0 Å². The van der Waals surface area contributed by atoms with Gasteiger partial charge in [-0.3, -0.25) is 14.4 Å². The van der Waals surface area contributed by atoms with Crippen LogP contribution >= 0.6 is 0 Å². The van der Waals surface area contributed by atoms with E-state index in [0.717, 1.165) is 0 Å². The summed E-state index contributed by atoms with van der Waals surface area (Å²) in [5.41, 5.74) is -0.360. The van der Waals surface area contributed by atoms with E-state index >= 15 is 0 Å². The number of benzene rings is 2. The van der Waals surface area contributed by atoms with Crippen LogP contribution in [0.25, 0.3) is 10.8 Å². The van der Waals surface area contributed by atoms with Crippen LogP contribution in [0.3, 0.4) is 0 Å². The molecule has 0 unspecified atom stereocenters. The molecule has 8 atom stereocenters. The third-order valence-corrected chi connectivity index (χ3v) is 8.78. The number of hydrogen-bond acceptors (Lipinski definition) is 10. The molecule has 0 bridgehead atoms. The van der Waals surface area contributed by atoms with Gasteiger partial charge in [0.15, 0.2) is 23.6 Å². The fourth-order valence-electron chi connectivity index (χ4n) is 6.59. The minimum Gasteiger partial charge on any atom is -0.507 e. The Kier molecular flexibility index (Phi) is 6.92. The molecular formula is C31H34O10. The molecule has 0 radical (unpaired) electrons. The summed E-state index contributed by atoms with van der Waals surface area (Å²) in [5.74, 6) is -1.79. The van der Waals surface area contributed by atoms with Gasteiger partial charge in [-0.15, -0.1) is 0 Å². The van der Waals surface area contributed by atoms with Gasteiger partial charge in [-0.25, -0.2) is 0 Å². The Balaban J connectivity index is 1.32. The lowest BCUT2D eigenvalue weighted by molar-refractivity contribution is -0.268. The molecule has 2 aromatic rings. The second kappa shape index (κ2) is 10.1. The zero-order chi connectivity index (χ0) is 29.4. The summed E-state index contributed by atoms with van der Waals surface area (Å²) in [6, 6.07) is 4.73. The van der Waals surface area contributed by atoms with Crippen LogP contribution in [-0.2, 0) is 20.6 Å². The van der Waals surface area contributed by atoms with E-state index < -0.39 is 65.8 Å². The molecule has 2 aliphatic carbocycles. The highest BCUT2D eigenvalue weighted by Gasteiger charge is 2.44. The number of aromatic hydroxyl groups is 1. The molecule has 2 fully saturated rings. The zero-order valence-electron chi connectivity index (χ0n) is 23.1. The van der Waals surface area contributed by atoms with Gasteiger partial charge >= 0.3 is 0 Å². The molecule has 0 amide bonds. The van der Waals surface area contributed by atoms with Gasteiger partial charge in [0.2, 0.25) is 0 Å². The first kappa shape index (κ1) is 28.1. The molecule has 4 N–H and O–H groups in total. The molecule has 218 valence electrons. The number of phenolic OH excluding ortho intramolecular Hbond substituents is 1. The molecule has 0 spiro atoms. The van der Waals surface area contributed by atoms with E-state index in [1.807, 2.05) is 0 Å². The van der Waals surface area contributed by atoms with E-state index in [1.165, 1.54) is 12.1 Å². The van der Waals surface area contributed by atoms with E-state index in [1.54, 1.807) is 32.9 Å². The molecule has 2 aromatic carbocycles. The van der Waals surface area contributed by atoms with Crippen molar-refractivity contribution in [2.75, 3.05) is 0 Å². The smallest absolute Gasteiger partial charge is 0.196 e. The molecule has 41 heavy (non-hydrogen) atoms. The second-order valence-electron chi connectivity index (χ2n) is 12.1. The quantitative estimate of drug-likeness (QED) is 0.435. The van der Waals surface area contributed by atoms with Crippen molar-refractivity contribution >= 4 is 28.1 Å². The summed E-state index contributed by atoms with van der Waals surface area (Å²) in [4.78, 5) is 40.2. The number of carbonyl (C=O) groups excluding carboxylic acids is 3. The van der Waals surface area contributed by atoms with Crippen LogP contribution in [0.4, 0.5) is 0 Å². The Bertz CT molecular complexity index is 1490. The summed E-state index contributed by atoms with van der Waals surface area (Å²) >= 11 is 0. The molecule has 10 nitrogen and oxygen atoms in total. The Hall–Kier alpha value is -2.99. The highest BCUT2D eigenvalue weighted by atomic mass is 16.7. The molecule has 0 aromatic heterocycles. The monoisotopic (exact) mass is 566 g/mol. The number of phenols is 1. The molecule has 2 heterocycles. The number of rotatable bonds is 3. The number of aliphatic hydroxyl groups is 3. The zero-order valence-corrected chi connectivity index (χ0v) is 23.1. The minimum atomic E-state index is -1.19. The summed E-state index contributed by atoms with van der Waals surface area (Å²) in [6.07, 6.45) is -2.73. The predicted octanol–water partition coefficient (Wildman–Crippen LogP) is 2.54. The Morgan fingerprint density at radius 3 is 2.46 bits per heavy atom. The Labute approximate surface area is 236 Å². The number of allylic oxidation sites excluding steroid dienone is 1. The number of aliphatic hydroxyl groups excluding tert-OH is 2. The van der Waals surface area contributed by atoms with Crippen molar-refractivity contribution in [2.45, 2.75) is 101 Å². The van der Waals surface area contributed by atoms with Crippen molar-refractivity contribution in [3.63, 3.8) is 0 Å². The summed E-state index contributed by atoms with van der Waals surface area (Å²) in [7, 11) is 0. The average molecular weight is 567 g/mol. The largest absolute Gasteiger partial charge is 0.507 e. The van der Waals surface area contributed by atoms with Gasteiger partial charge in [0.1, 0.15) is 11.9 Å². The van der Waals surface area contributed by atoms with Crippen molar-refractivity contribution in [3.8, 4) is 5.75 Å². The summed E-state index contributed by atoms with van der Waals surface area (Å²) in [5, 5.41) is 43.1. The minimum absolute atomic E-state index is 0.0119. The van der Waals surface area contributed by atoms with Crippen LogP contribution in [-0.4, -0.2) is 86.3 Å². The van der Waals surface area contributed by atoms with Crippen LogP contribution in [0, 0.1) is 0 Å². The number of hydrogen-bond donors (Lipinski definition) is 4. The lowest BCUT2D eigenvalue weighted by Crippen LogP contribution is -2.51. The van der Waals surface area contributed by atoms with E-state index in [0.29, 0.717) is 29.4 Å². The summed E-state index contributed by atoms with van der Waals surface area (Å²) in [6.45, 7) is 4.98. The molecule has 0 saturated carbocycles. The highest BCUT2D eigenvalue weighted by Crippen LogP contribution is 2.42. The topological polar surface area (TPSA) is 160 Å². The fraction of sp³-hybridized carbons (Fsp3) is 0.516. The maximum Gasteiger partial charge on any atom is 0.196 e. The van der Waals surface area contributed by atoms with Crippen molar-refractivity contribution in [3.05, 3.63) is 52.1 Å². The summed E-state index contributed by atoms with van der Waals surface area (Å²) < 4.78 is 17.8. The van der Waals surface area contributed by atoms with Crippen LogP contribution in [0.15, 0.2) is 29.8 Å². The molecule has 2 saturated heterocycles. The second-order valence-corrected chi connectivity index (χ2v) is 12.1. The lowest BCUT2D eigenvalue weighted by atomic mass is 9.77. The predicted molar refractivity (Wildman–Crippen MR) is 145 cm³/mol. The van der Waals surface area contributed by atoms with Crippen molar-refractivity contribution in [1.29, 1.82) is 0 Å². The van der Waals surface area contributed by atoms with Gasteiger partial charge in [-0.1, -0.05) is 12.1 Å². The van der Waals surface area contributed by atoms with Crippen molar-refractivity contribution in [2.24, 2.45) is 0 Å². The van der Waals surface area contributed by atoms with Crippen molar-refractivity contribution < 1.29 is 49.0 Å². The van der Waals surface area contributed by atoms with Crippen LogP contribution in [0.1, 0.15) is 83.1 Å². The molecule has 2 aliphatic heterocycles. The lowest BCUT2D eigenvalue weighted by Gasteiger charge is -2.41. The van der Waals surface area contributed by atoms with Gasteiger partial charge in [-0.05, 0) is 50.3 Å². The fourth-order valence-corrected chi connectivity index (χ4v) is 6.59. The number of ether oxygens (including phenoxy) is 3. The molecular weight excluding hydrogens is 532 g/mol. The highest BCUT2D eigenvalue weighted by molar-refractivity contribution is 6.29. The normalized spacial score (nSPS) is 35.7. The van der Waals surface area contributed by atoms with Gasteiger partial charge in [0, 0.05) is 47.8 Å². The first-order valence-corrected chi connectivity index (χ1v) is 14.0. The molecule has 10 heteroatoms. The molecule has 4 aliphatic rings. The van der Waals surface area contributed by atoms with Crippen LogP contribution in [0.2, 0.25) is 0 Å². The third-order valence-electron chi connectivity index (χ3n) is 8.78. The maximum absolute atomic E-state index is 13.8. The number of ketones is 3. The van der Waals surface area contributed by atoms with Gasteiger partial charge in [0.05, 0.1) is 41.7 Å². The van der Waals surface area contributed by atoms with Gasteiger partial charge in [-0.2, -0.15) is 0 Å². The van der Waals surface area contributed by atoms with Crippen LogP contribution < -0.4 is 0 Å². The Morgan fingerprint density at radius 1 is 0.976 bits per heavy atom. The number of Topliss-reactive ketones (excluding diaryl/α,β-unsaturated/α-hetero) is 2. The van der Waals surface area contributed by atoms with Crippen LogP contribution in [0.5, 0.6) is 5.75 Å². The van der Waals surface area contributed by atoms with E-state index in [-0.39, 0.29) is 47.1 Å². The molecule has 6 rings (SSSR count). The SMILES string of the molecule is C[C@H]1O[C@@H](C2=CC(=O)c3cc4c5c(ccc4c(O)c3C2=O)C[C@](C)(O)CC5=O)C[C@@H](O[C@H]2CC[C@H](O)[C@@H](C)O2)[C@@H]1O. The first-order chi connectivity index (χ1) is 19.3. The van der Waals surface area contributed by atoms with Crippen molar-refractivity contribution in [1.82, 2.24) is 0 Å². The number of fused-ring (bicyclic) bond motifs is 4. The third kappa shape index (κ3) is 4.82. The van der Waals surface area contributed by atoms with E-state index in [4.69, 9.17) is 14.2 Å². The number of carbonyl (C=O) groups is 3. The van der Waals surface area contributed by atoms with E-state index in [9.17, 15) is 34.8 Å². The Morgan fingerprint density at radius 2 is 1.73 bits per heavy atom. The maximum atomic E-state index is 13.8. The first-order valence-electron chi connectivity index (χ1n) is 14.0. The van der Waals surface area contributed by atoms with E-state index in [2.05, 4.69) is 0 Å².